The highest BCUT2D eigenvalue weighted by molar-refractivity contribution is 9.10. The van der Waals surface area contributed by atoms with Crippen LogP contribution >= 0.6 is 27.3 Å². The third kappa shape index (κ3) is 3.67. The van der Waals surface area contributed by atoms with E-state index in [1.807, 2.05) is 19.2 Å². The zero-order valence-electron chi connectivity index (χ0n) is 11.6. The summed E-state index contributed by atoms with van der Waals surface area (Å²) in [6.07, 6.45) is -3.40. The molecule has 21 heavy (non-hydrogen) atoms. The summed E-state index contributed by atoms with van der Waals surface area (Å²) in [5.41, 5.74) is -0.0525. The first kappa shape index (κ1) is 16.5. The van der Waals surface area contributed by atoms with E-state index in [0.717, 1.165) is 22.2 Å². The predicted octanol–water partition coefficient (Wildman–Crippen LogP) is 5.87. The van der Waals surface area contributed by atoms with Gasteiger partial charge in [-0.05, 0) is 43.8 Å². The lowest BCUT2D eigenvalue weighted by Crippen LogP contribution is -2.13. The Labute approximate surface area is 134 Å². The first-order valence-electron chi connectivity index (χ1n) is 6.51. The number of benzene rings is 1. The van der Waals surface area contributed by atoms with Gasteiger partial charge in [0.1, 0.15) is 0 Å². The van der Waals surface area contributed by atoms with Crippen LogP contribution < -0.4 is 5.32 Å². The average molecular weight is 378 g/mol. The van der Waals surface area contributed by atoms with E-state index in [2.05, 4.69) is 28.2 Å². The Morgan fingerprint density at radius 3 is 2.52 bits per heavy atom. The number of alkyl halides is 3. The molecule has 6 heteroatoms. The summed E-state index contributed by atoms with van der Waals surface area (Å²) in [4.78, 5) is 1.95. The van der Waals surface area contributed by atoms with Crippen molar-refractivity contribution in [2.45, 2.75) is 25.6 Å². The molecule has 1 atom stereocenters. The van der Waals surface area contributed by atoms with E-state index in [1.165, 1.54) is 23.5 Å². The van der Waals surface area contributed by atoms with E-state index in [9.17, 15) is 13.2 Å². The van der Waals surface area contributed by atoms with Crippen LogP contribution in [0.2, 0.25) is 0 Å². The molecule has 0 aliphatic carbocycles. The maximum Gasteiger partial charge on any atom is 0.416 e. The molecular formula is C15H15BrF3NS. The van der Waals surface area contributed by atoms with Gasteiger partial charge in [0.15, 0.2) is 0 Å². The first-order valence-corrected chi connectivity index (χ1v) is 8.12. The van der Waals surface area contributed by atoms with Crippen LogP contribution in [0.5, 0.6) is 0 Å². The summed E-state index contributed by atoms with van der Waals surface area (Å²) in [7, 11) is 1.88. The van der Waals surface area contributed by atoms with E-state index in [1.54, 1.807) is 0 Å². The molecule has 1 N–H and O–H groups in total. The molecule has 0 aliphatic heterocycles. The number of thiophene rings is 1. The fraction of sp³-hybridized carbons (Fsp3) is 0.333. The number of hydrogen-bond acceptors (Lipinski definition) is 2. The Hall–Kier alpha value is -0.850. The van der Waals surface area contributed by atoms with Gasteiger partial charge in [-0.25, -0.2) is 0 Å². The number of halogens is 4. The fourth-order valence-electron chi connectivity index (χ4n) is 2.12. The maximum atomic E-state index is 12.8. The molecule has 2 rings (SSSR count). The highest BCUT2D eigenvalue weighted by Crippen LogP contribution is 2.39. The molecule has 1 heterocycles. The van der Waals surface area contributed by atoms with E-state index in [4.69, 9.17) is 0 Å². The number of hydrogen-bond donors (Lipinski definition) is 1. The lowest BCUT2D eigenvalue weighted by Gasteiger charge is -2.11. The summed E-state index contributed by atoms with van der Waals surface area (Å²) >= 11 is 4.85. The Bertz CT molecular complexity index is 618. The second-order valence-electron chi connectivity index (χ2n) is 4.64. The van der Waals surface area contributed by atoms with Crippen molar-refractivity contribution in [2.24, 2.45) is 0 Å². The molecule has 114 valence electrons. The van der Waals surface area contributed by atoms with Gasteiger partial charge in [-0.3, -0.25) is 0 Å². The van der Waals surface area contributed by atoms with E-state index >= 15 is 0 Å². The van der Waals surface area contributed by atoms with Crippen molar-refractivity contribution < 1.29 is 13.2 Å². The minimum Gasteiger partial charge on any atom is -0.312 e. The summed E-state index contributed by atoms with van der Waals surface area (Å²) in [6, 6.07) is 7.81. The number of nitrogens with one attached hydrogen (secondary N) is 1. The average Bonchev–Trinajstić information content (AvgIpc) is 2.89. The third-order valence-electron chi connectivity index (χ3n) is 3.29. The Morgan fingerprint density at radius 1 is 1.24 bits per heavy atom. The Kier molecular flexibility index (Phi) is 5.11. The van der Waals surface area contributed by atoms with Gasteiger partial charge in [0.2, 0.25) is 0 Å². The summed E-state index contributed by atoms with van der Waals surface area (Å²) in [5, 5.41) is 3.20. The van der Waals surface area contributed by atoms with Crippen molar-refractivity contribution in [2.75, 3.05) is 7.05 Å². The zero-order valence-corrected chi connectivity index (χ0v) is 14.0. The van der Waals surface area contributed by atoms with Crippen molar-refractivity contribution in [3.05, 3.63) is 45.2 Å². The van der Waals surface area contributed by atoms with E-state index < -0.39 is 11.7 Å². The van der Waals surface area contributed by atoms with Crippen molar-refractivity contribution in [1.29, 1.82) is 0 Å². The van der Waals surface area contributed by atoms with Crippen molar-refractivity contribution in [3.63, 3.8) is 0 Å². The second kappa shape index (κ2) is 6.50. The summed E-state index contributed by atoms with van der Waals surface area (Å²) < 4.78 is 39.2. The van der Waals surface area contributed by atoms with Gasteiger partial charge in [-0.2, -0.15) is 13.2 Å². The molecule has 0 bridgehead atoms. The van der Waals surface area contributed by atoms with Crippen LogP contribution in [0.3, 0.4) is 0 Å². The van der Waals surface area contributed by atoms with E-state index in [0.29, 0.717) is 10.0 Å². The quantitative estimate of drug-likeness (QED) is 0.702. The normalized spacial score (nSPS) is 13.4. The molecule has 0 amide bonds. The Morgan fingerprint density at radius 2 is 1.95 bits per heavy atom. The minimum atomic E-state index is -4.33. The third-order valence-corrected chi connectivity index (χ3v) is 5.21. The molecular weight excluding hydrogens is 363 g/mol. The molecule has 1 aromatic carbocycles. The van der Waals surface area contributed by atoms with Gasteiger partial charge in [0, 0.05) is 25.8 Å². The van der Waals surface area contributed by atoms with Gasteiger partial charge < -0.3 is 5.32 Å². The van der Waals surface area contributed by atoms with Crippen LogP contribution in [0.15, 0.2) is 34.8 Å². The topological polar surface area (TPSA) is 12.0 Å². The maximum absolute atomic E-state index is 12.8. The zero-order chi connectivity index (χ0) is 15.6. The SMILES string of the molecule is CCC(NC)c1ccc(-c2cc(C(F)(F)F)ccc2Br)s1. The van der Waals surface area contributed by atoms with Gasteiger partial charge in [-0.1, -0.05) is 22.9 Å². The smallest absolute Gasteiger partial charge is 0.312 e. The van der Waals surface area contributed by atoms with Crippen LogP contribution in [0.25, 0.3) is 10.4 Å². The molecule has 0 saturated heterocycles. The lowest BCUT2D eigenvalue weighted by atomic mass is 10.1. The lowest BCUT2D eigenvalue weighted by molar-refractivity contribution is -0.137. The van der Waals surface area contributed by atoms with Gasteiger partial charge in [0.05, 0.1) is 5.56 Å². The standard InChI is InChI=1S/C15H15BrF3NS/c1-3-12(20-2)14-7-6-13(21-14)10-8-9(15(17,18)19)4-5-11(10)16/h4-8,12,20H,3H2,1-2H3. The fourth-order valence-corrected chi connectivity index (χ4v) is 3.95. The molecule has 0 saturated carbocycles. The highest BCUT2D eigenvalue weighted by Gasteiger charge is 2.31. The minimum absolute atomic E-state index is 0.230. The first-order chi connectivity index (χ1) is 9.86. The van der Waals surface area contributed by atoms with Gasteiger partial charge in [-0.15, -0.1) is 11.3 Å². The summed E-state index contributed by atoms with van der Waals surface area (Å²) in [6.45, 7) is 2.07. The second-order valence-corrected chi connectivity index (χ2v) is 6.61. The summed E-state index contributed by atoms with van der Waals surface area (Å²) in [5.74, 6) is 0. The molecule has 1 nitrogen and oxygen atoms in total. The highest BCUT2D eigenvalue weighted by atomic mass is 79.9. The molecule has 0 spiro atoms. The molecule has 2 aromatic rings. The van der Waals surface area contributed by atoms with Crippen LogP contribution in [-0.4, -0.2) is 7.05 Å². The Balaban J connectivity index is 2.42. The van der Waals surface area contributed by atoms with E-state index in [-0.39, 0.29) is 6.04 Å². The van der Waals surface area contributed by atoms with Crippen molar-refractivity contribution in [1.82, 2.24) is 5.32 Å². The van der Waals surface area contributed by atoms with Crippen LogP contribution in [0.4, 0.5) is 13.2 Å². The van der Waals surface area contributed by atoms with Gasteiger partial charge >= 0.3 is 6.18 Å². The van der Waals surface area contributed by atoms with Crippen molar-refractivity contribution in [3.8, 4) is 10.4 Å². The molecule has 0 fully saturated rings. The molecule has 0 aliphatic rings. The van der Waals surface area contributed by atoms with Crippen molar-refractivity contribution >= 4 is 27.3 Å². The largest absolute Gasteiger partial charge is 0.416 e. The van der Waals surface area contributed by atoms with Gasteiger partial charge in [0.25, 0.3) is 0 Å². The van der Waals surface area contributed by atoms with Crippen LogP contribution in [0.1, 0.15) is 29.8 Å². The molecule has 0 radical (unpaired) electrons. The predicted molar refractivity (Wildman–Crippen MR) is 84.5 cm³/mol. The number of rotatable bonds is 4. The monoisotopic (exact) mass is 377 g/mol. The van der Waals surface area contributed by atoms with Crippen LogP contribution in [-0.2, 0) is 6.18 Å². The van der Waals surface area contributed by atoms with Crippen LogP contribution in [0, 0.1) is 0 Å². The molecule has 1 unspecified atom stereocenters. The molecule has 1 aromatic heterocycles.